The number of aryl methyl sites for hydroxylation is 2. The van der Waals surface area contributed by atoms with Crippen LogP contribution >= 0.6 is 0 Å². The lowest BCUT2D eigenvalue weighted by atomic mass is 9.95. The second kappa shape index (κ2) is 8.42. The van der Waals surface area contributed by atoms with E-state index >= 15 is 0 Å². The number of nitrogens with one attached hydrogen (secondary N) is 1. The van der Waals surface area contributed by atoms with E-state index in [1.807, 2.05) is 42.5 Å². The SMILES string of the molecule is CCc1c(C)nc(C)c(-c2ccc(C(=O)NCc3ccccc3)cc2)c1N1CC2CC2C1. The highest BCUT2D eigenvalue weighted by atomic mass is 16.1. The minimum Gasteiger partial charge on any atom is -0.370 e. The lowest BCUT2D eigenvalue weighted by molar-refractivity contribution is 0.0951. The van der Waals surface area contributed by atoms with Gasteiger partial charge in [0.05, 0.1) is 5.69 Å². The number of fused-ring (bicyclic) bond motifs is 1. The van der Waals surface area contributed by atoms with Crippen molar-refractivity contribution in [1.82, 2.24) is 10.3 Å². The average molecular weight is 426 g/mol. The fraction of sp³-hybridized carbons (Fsp3) is 0.357. The van der Waals surface area contributed by atoms with Crippen molar-refractivity contribution in [2.45, 2.75) is 40.2 Å². The Kier molecular flexibility index (Phi) is 5.46. The van der Waals surface area contributed by atoms with Crippen LogP contribution in [-0.4, -0.2) is 24.0 Å². The molecular weight excluding hydrogens is 394 g/mol. The number of carbonyl (C=O) groups is 1. The van der Waals surface area contributed by atoms with Crippen molar-refractivity contribution in [2.75, 3.05) is 18.0 Å². The van der Waals surface area contributed by atoms with Crippen LogP contribution in [0.5, 0.6) is 0 Å². The molecule has 2 aromatic carbocycles. The summed E-state index contributed by atoms with van der Waals surface area (Å²) in [6.45, 7) is 9.33. The number of anilines is 1. The number of carbonyl (C=O) groups excluding carboxylic acids is 1. The summed E-state index contributed by atoms with van der Waals surface area (Å²) in [7, 11) is 0. The van der Waals surface area contributed by atoms with Gasteiger partial charge in [0.25, 0.3) is 5.91 Å². The molecule has 2 fully saturated rings. The van der Waals surface area contributed by atoms with Gasteiger partial charge in [0.2, 0.25) is 0 Å². The molecule has 1 aliphatic heterocycles. The molecule has 0 spiro atoms. The van der Waals surface area contributed by atoms with E-state index < -0.39 is 0 Å². The minimum absolute atomic E-state index is 0.0479. The molecule has 2 aliphatic rings. The molecule has 0 radical (unpaired) electrons. The number of hydrogen-bond acceptors (Lipinski definition) is 3. The van der Waals surface area contributed by atoms with Gasteiger partial charge < -0.3 is 10.2 Å². The molecule has 1 amide bonds. The molecular formula is C28H31N3O. The third kappa shape index (κ3) is 3.90. The van der Waals surface area contributed by atoms with E-state index in [0.717, 1.165) is 53.9 Å². The topological polar surface area (TPSA) is 45.2 Å². The van der Waals surface area contributed by atoms with Crippen LogP contribution in [0.4, 0.5) is 5.69 Å². The van der Waals surface area contributed by atoms with E-state index in [2.05, 4.69) is 43.1 Å². The lowest BCUT2D eigenvalue weighted by Crippen LogP contribution is -2.25. The number of piperidine rings is 1. The molecule has 3 aromatic rings. The number of aromatic nitrogens is 1. The van der Waals surface area contributed by atoms with E-state index in [1.165, 1.54) is 23.2 Å². The number of benzene rings is 2. The van der Waals surface area contributed by atoms with Crippen molar-refractivity contribution in [1.29, 1.82) is 0 Å². The van der Waals surface area contributed by atoms with E-state index in [1.54, 1.807) is 0 Å². The van der Waals surface area contributed by atoms with Crippen molar-refractivity contribution in [2.24, 2.45) is 11.8 Å². The predicted molar refractivity (Wildman–Crippen MR) is 130 cm³/mol. The van der Waals surface area contributed by atoms with Crippen molar-refractivity contribution < 1.29 is 4.79 Å². The molecule has 4 heteroatoms. The van der Waals surface area contributed by atoms with Crippen LogP contribution < -0.4 is 10.2 Å². The summed E-state index contributed by atoms with van der Waals surface area (Å²) in [6, 6.07) is 18.0. The first-order valence-electron chi connectivity index (χ1n) is 11.7. The number of rotatable bonds is 6. The van der Waals surface area contributed by atoms with Gasteiger partial charge in [0.1, 0.15) is 0 Å². The zero-order chi connectivity index (χ0) is 22.2. The number of nitrogens with zero attached hydrogens (tertiary/aromatic N) is 2. The molecule has 1 aliphatic carbocycles. The summed E-state index contributed by atoms with van der Waals surface area (Å²) in [5.74, 6) is 1.70. The third-order valence-electron chi connectivity index (χ3n) is 7.04. The van der Waals surface area contributed by atoms with Crippen LogP contribution in [0.25, 0.3) is 11.1 Å². The Bertz CT molecular complexity index is 1130. The Morgan fingerprint density at radius 3 is 2.34 bits per heavy atom. The van der Waals surface area contributed by atoms with Crippen molar-refractivity contribution in [3.05, 3.63) is 82.7 Å². The Morgan fingerprint density at radius 2 is 1.69 bits per heavy atom. The fourth-order valence-corrected chi connectivity index (χ4v) is 5.24. The first-order chi connectivity index (χ1) is 15.5. The van der Waals surface area contributed by atoms with Gasteiger partial charge in [0.15, 0.2) is 0 Å². The van der Waals surface area contributed by atoms with Gasteiger partial charge in [-0.15, -0.1) is 0 Å². The maximum atomic E-state index is 12.7. The molecule has 0 bridgehead atoms. The van der Waals surface area contributed by atoms with E-state index in [-0.39, 0.29) is 5.91 Å². The average Bonchev–Trinajstić information content (AvgIpc) is 3.42. The smallest absolute Gasteiger partial charge is 0.251 e. The summed E-state index contributed by atoms with van der Waals surface area (Å²) >= 11 is 0. The molecule has 1 N–H and O–H groups in total. The van der Waals surface area contributed by atoms with Gasteiger partial charge in [-0.1, -0.05) is 49.4 Å². The molecule has 1 saturated heterocycles. The summed E-state index contributed by atoms with van der Waals surface area (Å²) in [6.07, 6.45) is 2.37. The highest BCUT2D eigenvalue weighted by Gasteiger charge is 2.46. The van der Waals surface area contributed by atoms with Gasteiger partial charge in [-0.25, -0.2) is 0 Å². The molecule has 4 nitrogen and oxygen atoms in total. The van der Waals surface area contributed by atoms with E-state index in [9.17, 15) is 4.79 Å². The highest BCUT2D eigenvalue weighted by Crippen LogP contribution is 2.49. The maximum Gasteiger partial charge on any atom is 0.251 e. The first-order valence-corrected chi connectivity index (χ1v) is 11.7. The van der Waals surface area contributed by atoms with Gasteiger partial charge in [-0.3, -0.25) is 9.78 Å². The number of hydrogen-bond donors (Lipinski definition) is 1. The largest absolute Gasteiger partial charge is 0.370 e. The summed E-state index contributed by atoms with van der Waals surface area (Å²) in [5.41, 5.74) is 9.08. The third-order valence-corrected chi connectivity index (χ3v) is 7.04. The zero-order valence-electron chi connectivity index (χ0n) is 19.2. The van der Waals surface area contributed by atoms with Gasteiger partial charge in [-0.05, 0) is 67.3 Å². The summed E-state index contributed by atoms with van der Waals surface area (Å²) in [4.78, 5) is 20.2. The zero-order valence-corrected chi connectivity index (χ0v) is 19.2. The molecule has 2 atom stereocenters. The lowest BCUT2D eigenvalue weighted by Gasteiger charge is -2.28. The Morgan fingerprint density at radius 1 is 1.00 bits per heavy atom. The predicted octanol–water partition coefficient (Wildman–Crippen LogP) is 5.31. The standard InChI is InChI=1S/C28H31N3O/c1-4-25-18(2)30-19(3)26(27(25)31-16-23-14-24(23)17-31)21-10-12-22(13-11-21)28(32)29-15-20-8-6-5-7-9-20/h5-13,23-24H,4,14-17H2,1-3H3,(H,29,32). The monoisotopic (exact) mass is 425 g/mol. The van der Waals surface area contributed by atoms with Crippen molar-refractivity contribution >= 4 is 11.6 Å². The Hall–Kier alpha value is -3.14. The first kappa shape index (κ1) is 20.7. The van der Waals surface area contributed by atoms with Crippen LogP contribution in [0.1, 0.15) is 46.2 Å². The van der Waals surface area contributed by atoms with Crippen LogP contribution in [0.15, 0.2) is 54.6 Å². The van der Waals surface area contributed by atoms with E-state index in [0.29, 0.717) is 12.1 Å². The molecule has 32 heavy (non-hydrogen) atoms. The summed E-state index contributed by atoms with van der Waals surface area (Å²) in [5, 5.41) is 3.02. The van der Waals surface area contributed by atoms with Gasteiger partial charge >= 0.3 is 0 Å². The summed E-state index contributed by atoms with van der Waals surface area (Å²) < 4.78 is 0. The van der Waals surface area contributed by atoms with Crippen LogP contribution in [0.2, 0.25) is 0 Å². The van der Waals surface area contributed by atoms with Gasteiger partial charge in [-0.2, -0.15) is 0 Å². The van der Waals surface area contributed by atoms with Crippen LogP contribution in [0.3, 0.4) is 0 Å². The van der Waals surface area contributed by atoms with Crippen LogP contribution in [-0.2, 0) is 13.0 Å². The second-order valence-corrected chi connectivity index (χ2v) is 9.24. The maximum absolute atomic E-state index is 12.7. The normalized spacial score (nSPS) is 19.0. The molecule has 164 valence electrons. The molecule has 1 aromatic heterocycles. The van der Waals surface area contributed by atoms with Gasteiger partial charge in [0, 0.05) is 42.1 Å². The quantitative estimate of drug-likeness (QED) is 0.582. The minimum atomic E-state index is -0.0479. The number of amides is 1. The van der Waals surface area contributed by atoms with Crippen LogP contribution in [0, 0.1) is 25.7 Å². The van der Waals surface area contributed by atoms with E-state index in [4.69, 9.17) is 4.98 Å². The fourth-order valence-electron chi connectivity index (χ4n) is 5.24. The van der Waals surface area contributed by atoms with Crippen molar-refractivity contribution in [3.63, 3.8) is 0 Å². The molecule has 2 unspecified atom stereocenters. The molecule has 5 rings (SSSR count). The Labute approximate surface area is 190 Å². The molecule has 2 heterocycles. The Balaban J connectivity index is 1.43. The second-order valence-electron chi connectivity index (χ2n) is 9.24. The highest BCUT2D eigenvalue weighted by molar-refractivity contribution is 5.95. The number of pyridine rings is 1. The molecule has 1 saturated carbocycles. The van der Waals surface area contributed by atoms with Crippen molar-refractivity contribution in [3.8, 4) is 11.1 Å².